The molecule has 0 aromatic rings. The molecule has 1 heterocycles. The van der Waals surface area contributed by atoms with E-state index in [1.54, 1.807) is 0 Å². The number of rotatable bonds is 1. The molecule has 0 unspecified atom stereocenters. The fourth-order valence-electron chi connectivity index (χ4n) is 8.12. The third-order valence-corrected chi connectivity index (χ3v) is 16.7. The largest absolute Gasteiger partial charge is 1.00 e. The molecule has 1 aliphatic heterocycles. The minimum absolute atomic E-state index is 0. The summed E-state index contributed by atoms with van der Waals surface area (Å²) < 4.78 is 4.15. The third kappa shape index (κ3) is 3.85. The summed E-state index contributed by atoms with van der Waals surface area (Å²) in [6.07, 6.45) is 4.03. The standard InChI is InChI=1S/C9H18N.3C4H9.Al.Li/c1-8(2)6-5-7-9(3,4)10-8;3*1-4(2)3;;/h5-7H2,1-4H3;3*1-3H3;;/q-1;;;;;+1. The van der Waals surface area contributed by atoms with Crippen molar-refractivity contribution in [2.24, 2.45) is 0 Å². The van der Waals surface area contributed by atoms with E-state index in [0.29, 0.717) is 23.9 Å². The summed E-state index contributed by atoms with van der Waals surface area (Å²) in [4.78, 5) is 0. The molecule has 0 aromatic heterocycles. The smallest absolute Gasteiger partial charge is 0.503 e. The van der Waals surface area contributed by atoms with E-state index in [1.165, 1.54) is 19.3 Å². The zero-order chi connectivity index (χ0) is 18.7. The summed E-state index contributed by atoms with van der Waals surface area (Å²) >= 11 is -2.34. The molecule has 1 fully saturated rings. The van der Waals surface area contributed by atoms with Gasteiger partial charge in [0.1, 0.15) is 0 Å². The van der Waals surface area contributed by atoms with Gasteiger partial charge in [0.15, 0.2) is 0 Å². The molecule has 0 amide bonds. The van der Waals surface area contributed by atoms with E-state index in [4.69, 9.17) is 0 Å². The second kappa shape index (κ2) is 6.92. The molecule has 1 nitrogen and oxygen atoms in total. The molecule has 0 bridgehead atoms. The van der Waals surface area contributed by atoms with Gasteiger partial charge in [-0.3, -0.25) is 0 Å². The van der Waals surface area contributed by atoms with Crippen molar-refractivity contribution in [1.29, 1.82) is 0 Å². The maximum absolute atomic E-state index is 3.12. The summed E-state index contributed by atoms with van der Waals surface area (Å²) in [7, 11) is 0. The predicted molar refractivity (Wildman–Crippen MR) is 109 cm³/mol. The van der Waals surface area contributed by atoms with E-state index in [0.717, 1.165) is 0 Å². The second-order valence-corrected chi connectivity index (χ2v) is 20.1. The van der Waals surface area contributed by atoms with Gasteiger partial charge in [-0.25, -0.2) is 0 Å². The molecule has 24 heavy (non-hydrogen) atoms. The molecule has 1 aliphatic rings. The second-order valence-electron chi connectivity index (χ2n) is 12.8. The maximum Gasteiger partial charge on any atom is 1.00 e. The van der Waals surface area contributed by atoms with Crippen LogP contribution in [0.3, 0.4) is 0 Å². The van der Waals surface area contributed by atoms with E-state index in [1.807, 2.05) is 0 Å². The number of hydrogen-bond donors (Lipinski definition) is 0. The Kier molecular flexibility index (Phi) is 7.23. The first-order valence-corrected chi connectivity index (χ1v) is 12.0. The van der Waals surface area contributed by atoms with Gasteiger partial charge in [0.25, 0.3) is 0 Å². The molecular weight excluding hydrogens is 300 g/mol. The van der Waals surface area contributed by atoms with Crippen LogP contribution in [0, 0.1) is 0 Å². The van der Waals surface area contributed by atoms with Gasteiger partial charge in [-0.2, -0.15) is 12.8 Å². The zero-order valence-corrected chi connectivity index (χ0v) is 20.8. The van der Waals surface area contributed by atoms with Gasteiger partial charge in [-0.15, -0.1) is 0 Å². The van der Waals surface area contributed by atoms with Crippen molar-refractivity contribution < 1.29 is 18.9 Å². The Labute approximate surface area is 168 Å². The summed E-state index contributed by atoms with van der Waals surface area (Å²) in [5, 5.41) is 0. The van der Waals surface area contributed by atoms with Crippen molar-refractivity contribution in [3.63, 3.8) is 0 Å². The first kappa shape index (κ1) is 25.1. The van der Waals surface area contributed by atoms with Gasteiger partial charge in [-0.1, -0.05) is 96.4 Å². The van der Waals surface area contributed by atoms with E-state index < -0.39 is 13.3 Å². The molecule has 0 aromatic carbocycles. The Hall–Kier alpha value is 1.09. The van der Waals surface area contributed by atoms with Crippen LogP contribution in [0.25, 0.3) is 0 Å². The van der Waals surface area contributed by atoms with Crippen molar-refractivity contribution in [1.82, 2.24) is 3.88 Å². The van der Waals surface area contributed by atoms with Crippen LogP contribution in [-0.2, 0) is 0 Å². The molecule has 0 spiro atoms. The minimum Gasteiger partial charge on any atom is -0.503 e. The average molecular weight is 346 g/mol. The third-order valence-electron chi connectivity index (χ3n) is 7.03. The molecule has 1 rings (SSSR count). The van der Waals surface area contributed by atoms with Gasteiger partial charge in [0.05, 0.1) is 0 Å². The molecule has 0 atom stereocenters. The summed E-state index contributed by atoms with van der Waals surface area (Å²) in [5.74, 6) is 0. The summed E-state index contributed by atoms with van der Waals surface area (Å²) in [6, 6.07) is 0. The van der Waals surface area contributed by atoms with Crippen molar-refractivity contribution in [3.8, 4) is 0 Å². The molecule has 3 heteroatoms. The van der Waals surface area contributed by atoms with Crippen LogP contribution >= 0.6 is 0 Å². The molecule has 0 saturated carbocycles. The monoisotopic (exact) mass is 345 g/mol. The van der Waals surface area contributed by atoms with E-state index in [9.17, 15) is 0 Å². The number of hydrogen-bond acceptors (Lipinski definition) is 1. The Morgan fingerprint density at radius 1 is 0.625 bits per heavy atom. The summed E-state index contributed by atoms with van der Waals surface area (Å²) in [6.45, 7) is 32.9. The number of nitrogens with zero attached hydrogens (tertiary/aromatic N) is 1. The molecule has 138 valence electrons. The first-order chi connectivity index (χ1) is 9.82. The SMILES string of the molecule is CC1(C)CCCC(C)(C)[N]1[Al-]([C](C)(C)C)([C](C)(C)C)[C](C)(C)C.[Li+]. The maximum atomic E-state index is 3.12. The van der Waals surface area contributed by atoms with E-state index >= 15 is 0 Å². The molecule has 0 aliphatic carbocycles. The van der Waals surface area contributed by atoms with Crippen LogP contribution in [0.5, 0.6) is 0 Å². The molecule has 0 N–H and O–H groups in total. The van der Waals surface area contributed by atoms with E-state index in [2.05, 4.69) is 93.9 Å². The fraction of sp³-hybridized carbons (Fsp3) is 1.00. The normalized spacial score (nSPS) is 22.9. The topological polar surface area (TPSA) is 3.24 Å². The number of piperidine rings is 1. The van der Waals surface area contributed by atoms with Gasteiger partial charge in [-0.05, 0) is 23.9 Å². The zero-order valence-electron chi connectivity index (χ0n) is 19.6. The molecular formula is C21H45AlLiN. The predicted octanol–water partition coefficient (Wildman–Crippen LogP) is 4.38. The van der Waals surface area contributed by atoms with Gasteiger partial charge in [0.2, 0.25) is 13.3 Å². The Bertz CT molecular complexity index is 380. The Balaban J connectivity index is 0.00000529. The van der Waals surface area contributed by atoms with Crippen LogP contribution in [0.15, 0.2) is 0 Å². The van der Waals surface area contributed by atoms with Gasteiger partial charge < -0.3 is 3.88 Å². The minimum atomic E-state index is -2.34. The van der Waals surface area contributed by atoms with Crippen molar-refractivity contribution in [2.75, 3.05) is 0 Å². The van der Waals surface area contributed by atoms with E-state index in [-0.39, 0.29) is 18.9 Å². The van der Waals surface area contributed by atoms with Gasteiger partial charge >= 0.3 is 18.9 Å². The molecule has 1 saturated heterocycles. The van der Waals surface area contributed by atoms with Crippen molar-refractivity contribution in [2.45, 2.75) is 133 Å². The Morgan fingerprint density at radius 3 is 1.08 bits per heavy atom. The van der Waals surface area contributed by atoms with Crippen LogP contribution in [0.2, 0.25) is 12.8 Å². The Morgan fingerprint density at radius 2 is 0.875 bits per heavy atom. The average Bonchev–Trinajstić information content (AvgIpc) is 2.16. The van der Waals surface area contributed by atoms with Crippen LogP contribution in [0.4, 0.5) is 0 Å². The molecule has 0 radical (unpaired) electrons. The van der Waals surface area contributed by atoms with Crippen LogP contribution in [0.1, 0.15) is 109 Å². The van der Waals surface area contributed by atoms with Crippen LogP contribution < -0.4 is 18.9 Å². The quantitative estimate of drug-likeness (QED) is 0.638. The van der Waals surface area contributed by atoms with Crippen molar-refractivity contribution >= 4 is 13.3 Å². The first-order valence-electron chi connectivity index (χ1n) is 9.78. The van der Waals surface area contributed by atoms with Crippen molar-refractivity contribution in [3.05, 3.63) is 0 Å². The van der Waals surface area contributed by atoms with Gasteiger partial charge in [0, 0.05) is 0 Å². The summed E-state index contributed by atoms with van der Waals surface area (Å²) in [5.41, 5.74) is 0.584. The fourth-order valence-corrected chi connectivity index (χ4v) is 20.6. The van der Waals surface area contributed by atoms with Crippen LogP contribution in [-0.4, -0.2) is 28.3 Å².